The molecule has 0 fully saturated rings. The Morgan fingerprint density at radius 1 is 0.750 bits per heavy atom. The van der Waals surface area contributed by atoms with Gasteiger partial charge in [-0.15, -0.1) is 15.3 Å². The van der Waals surface area contributed by atoms with Crippen LogP contribution in [0, 0.1) is 0 Å². The summed E-state index contributed by atoms with van der Waals surface area (Å²) in [7, 11) is 0. The predicted molar refractivity (Wildman–Crippen MR) is 95.8 cm³/mol. The maximum Gasteiger partial charge on any atom is 0.190 e. The molecule has 0 saturated heterocycles. The Bertz CT molecular complexity index is 456. The Morgan fingerprint density at radius 2 is 1.25 bits per heavy atom. The minimum absolute atomic E-state index is 1.28. The average molecular weight is 347 g/mol. The topological polar surface area (TPSA) is 0 Å². The molecule has 0 aromatic heterocycles. The van der Waals surface area contributed by atoms with E-state index in [4.69, 9.17) is 0 Å². The molecule has 0 unspecified atom stereocenters. The highest BCUT2D eigenvalue weighted by Gasteiger charge is 2.33. The van der Waals surface area contributed by atoms with Gasteiger partial charge in [-0.05, 0) is 16.4 Å². The van der Waals surface area contributed by atoms with E-state index < -0.39 is 6.69 Å². The fourth-order valence-electron chi connectivity index (χ4n) is 2.66. The molecule has 2 heteroatoms. The maximum absolute atomic E-state index is 4.19. The van der Waals surface area contributed by atoms with Crippen molar-refractivity contribution in [3.63, 3.8) is 0 Å². The molecule has 2 aromatic carbocycles. The molecule has 2 aromatic rings. The van der Waals surface area contributed by atoms with Crippen LogP contribution in [0.4, 0.5) is 0 Å². The fraction of sp³-hybridized carbons (Fsp3) is 0.333. The van der Waals surface area contributed by atoms with Gasteiger partial charge in [0.15, 0.2) is 6.69 Å². The van der Waals surface area contributed by atoms with Crippen molar-refractivity contribution in [1.82, 2.24) is 0 Å². The van der Waals surface area contributed by atoms with E-state index >= 15 is 0 Å². The molecule has 0 saturated carbocycles. The number of rotatable bonds is 7. The van der Waals surface area contributed by atoms with E-state index in [0.29, 0.717) is 0 Å². The largest absolute Gasteiger partial charge is 0.190 e. The molecule has 0 nitrogen and oxygen atoms in total. The predicted octanol–water partition coefficient (Wildman–Crippen LogP) is 4.72. The van der Waals surface area contributed by atoms with Crippen LogP contribution in [0.5, 0.6) is 0 Å². The highest BCUT2D eigenvalue weighted by atomic mass is 79.9. The smallest absolute Gasteiger partial charge is 0.114 e. The molecule has 0 spiro atoms. The molecule has 20 heavy (non-hydrogen) atoms. The van der Waals surface area contributed by atoms with Gasteiger partial charge >= 0.3 is 0 Å². The van der Waals surface area contributed by atoms with Crippen LogP contribution in [0.3, 0.4) is 0 Å². The van der Waals surface area contributed by atoms with E-state index in [0.717, 1.165) is 0 Å². The molecule has 0 atom stereocenters. The van der Waals surface area contributed by atoms with Gasteiger partial charge in [-0.25, -0.2) is 0 Å². The highest BCUT2D eigenvalue weighted by Crippen LogP contribution is 2.22. The Morgan fingerprint density at radius 3 is 1.70 bits per heavy atom. The first-order valence-electron chi connectivity index (χ1n) is 7.57. The van der Waals surface area contributed by atoms with E-state index in [9.17, 15) is 0 Å². The zero-order valence-corrected chi connectivity index (χ0v) is 14.8. The van der Waals surface area contributed by atoms with Gasteiger partial charge in [0.25, 0.3) is 0 Å². The lowest BCUT2D eigenvalue weighted by Gasteiger charge is -2.26. The Labute approximate surface area is 131 Å². The van der Waals surface area contributed by atoms with Crippen LogP contribution in [0.15, 0.2) is 60.7 Å². The lowest BCUT2D eigenvalue weighted by Crippen LogP contribution is -2.52. The fourth-order valence-corrected chi connectivity index (χ4v) is 8.17. The number of hydrogen-bond acceptors (Lipinski definition) is 0. The summed E-state index contributed by atoms with van der Waals surface area (Å²) < 4.78 is 0. The lowest BCUT2D eigenvalue weighted by atomic mass is 10.2. The molecule has 0 aliphatic carbocycles. The van der Waals surface area contributed by atoms with Gasteiger partial charge < -0.3 is 0 Å². The first-order valence-corrected chi connectivity index (χ1v) is 12.0. The second-order valence-electron chi connectivity index (χ2n) is 5.34. The van der Waals surface area contributed by atoms with Gasteiger partial charge in [0.1, 0.15) is 0 Å². The molecule has 0 N–H and O–H groups in total. The Kier molecular flexibility index (Phi) is 6.05. The van der Waals surface area contributed by atoms with E-state index in [1.165, 1.54) is 42.1 Å². The van der Waals surface area contributed by atoms with Crippen LogP contribution in [0.1, 0.15) is 32.6 Å². The summed E-state index contributed by atoms with van der Waals surface area (Å²) in [5, 5.41) is 2.98. The lowest BCUT2D eigenvalue weighted by molar-refractivity contribution is 0.699. The average Bonchev–Trinajstić information content (AvgIpc) is 2.53. The van der Waals surface area contributed by atoms with Crippen molar-refractivity contribution in [2.75, 3.05) is 0 Å². The van der Waals surface area contributed by atoms with Crippen LogP contribution >= 0.6 is 15.3 Å². The highest BCUT2D eigenvalue weighted by molar-refractivity contribution is 9.27. The second kappa shape index (κ2) is 7.80. The van der Waals surface area contributed by atoms with E-state index in [-0.39, 0.29) is 0 Å². The standard InChI is InChI=1S/C18H23BrSi/c1-2-3-4-11-16-20(19,17-12-7-5-8-13-17)18-14-9-6-10-15-18/h5-10,12-15H,2-4,11,16H2,1H3. The van der Waals surface area contributed by atoms with Crippen molar-refractivity contribution >= 4 is 32.4 Å². The molecule has 0 radical (unpaired) electrons. The molecular formula is C18H23BrSi. The van der Waals surface area contributed by atoms with Gasteiger partial charge in [0, 0.05) is 0 Å². The summed E-state index contributed by atoms with van der Waals surface area (Å²) >= 11 is 4.19. The zero-order chi connectivity index (χ0) is 14.3. The van der Waals surface area contributed by atoms with Crippen LogP contribution in [0.25, 0.3) is 0 Å². The summed E-state index contributed by atoms with van der Waals surface area (Å²) in [5.41, 5.74) is 0. The van der Waals surface area contributed by atoms with Crippen molar-refractivity contribution in [3.8, 4) is 0 Å². The van der Waals surface area contributed by atoms with Gasteiger partial charge in [0.2, 0.25) is 0 Å². The first kappa shape index (κ1) is 15.5. The Balaban J connectivity index is 2.24. The van der Waals surface area contributed by atoms with Crippen LogP contribution < -0.4 is 10.4 Å². The van der Waals surface area contributed by atoms with Crippen molar-refractivity contribution in [2.24, 2.45) is 0 Å². The second-order valence-corrected chi connectivity index (χ2v) is 12.7. The molecule has 106 valence electrons. The van der Waals surface area contributed by atoms with Crippen molar-refractivity contribution in [2.45, 2.75) is 38.7 Å². The zero-order valence-electron chi connectivity index (χ0n) is 12.2. The third-order valence-corrected chi connectivity index (χ3v) is 11.3. The molecule has 0 aliphatic heterocycles. The SMILES string of the molecule is CCCCCC[Si](Br)(c1ccccc1)c1ccccc1. The minimum Gasteiger partial charge on any atom is -0.114 e. The third-order valence-electron chi connectivity index (χ3n) is 3.84. The first-order chi connectivity index (χ1) is 9.77. The summed E-state index contributed by atoms with van der Waals surface area (Å²) in [6.07, 6.45) is 5.31. The Hall–Kier alpha value is -0.863. The summed E-state index contributed by atoms with van der Waals surface area (Å²) in [6.45, 7) is 0.532. The normalized spacial score (nSPS) is 11.5. The van der Waals surface area contributed by atoms with Gasteiger partial charge in [0.05, 0.1) is 0 Å². The molecule has 0 amide bonds. The number of benzene rings is 2. The molecule has 2 rings (SSSR count). The summed E-state index contributed by atoms with van der Waals surface area (Å²) in [4.78, 5) is 0. The minimum atomic E-state index is -1.74. The van der Waals surface area contributed by atoms with Crippen molar-refractivity contribution in [1.29, 1.82) is 0 Å². The van der Waals surface area contributed by atoms with Crippen molar-refractivity contribution < 1.29 is 0 Å². The summed E-state index contributed by atoms with van der Waals surface area (Å²) in [6, 6.07) is 23.3. The molecular weight excluding hydrogens is 324 g/mol. The maximum atomic E-state index is 4.19. The van der Waals surface area contributed by atoms with Gasteiger partial charge in [-0.3, -0.25) is 0 Å². The summed E-state index contributed by atoms with van der Waals surface area (Å²) in [5.74, 6) is 0. The van der Waals surface area contributed by atoms with Crippen LogP contribution in [0.2, 0.25) is 6.04 Å². The molecule has 0 heterocycles. The molecule has 0 aliphatic rings. The third kappa shape index (κ3) is 3.83. The quantitative estimate of drug-likeness (QED) is 0.386. The van der Waals surface area contributed by atoms with Crippen LogP contribution in [-0.2, 0) is 0 Å². The van der Waals surface area contributed by atoms with Gasteiger partial charge in [-0.2, -0.15) is 0 Å². The number of unbranched alkanes of at least 4 members (excludes halogenated alkanes) is 3. The van der Waals surface area contributed by atoms with E-state index in [2.05, 4.69) is 82.9 Å². The number of halogens is 1. The van der Waals surface area contributed by atoms with Gasteiger partial charge in [-0.1, -0.05) is 93.3 Å². The van der Waals surface area contributed by atoms with Crippen LogP contribution in [-0.4, -0.2) is 6.69 Å². The van der Waals surface area contributed by atoms with E-state index in [1.807, 2.05) is 0 Å². The number of hydrogen-bond donors (Lipinski definition) is 0. The molecule has 0 bridgehead atoms. The monoisotopic (exact) mass is 346 g/mol. The van der Waals surface area contributed by atoms with Crippen molar-refractivity contribution in [3.05, 3.63) is 60.7 Å². The van der Waals surface area contributed by atoms with E-state index in [1.54, 1.807) is 0 Å².